The zero-order valence-electron chi connectivity index (χ0n) is 41.6. The van der Waals surface area contributed by atoms with E-state index in [1.807, 2.05) is 0 Å². The molecule has 0 unspecified atom stereocenters. The second kappa shape index (κ2) is 23.4. The molecule has 0 saturated heterocycles. The smallest absolute Gasteiger partial charge is 0.0874 e. The van der Waals surface area contributed by atoms with Gasteiger partial charge in [-0.3, -0.25) is 0 Å². The lowest BCUT2D eigenvalue weighted by molar-refractivity contribution is 1.49. The molecule has 0 heterocycles. The van der Waals surface area contributed by atoms with Gasteiger partial charge in [0.1, 0.15) is 0 Å². The van der Waals surface area contributed by atoms with Crippen molar-refractivity contribution in [3.63, 3.8) is 0 Å². The van der Waals surface area contributed by atoms with E-state index in [0.29, 0.717) is 0 Å². The van der Waals surface area contributed by atoms with Crippen molar-refractivity contribution in [2.75, 3.05) is 0 Å². The van der Waals surface area contributed by atoms with E-state index < -0.39 is 4.30 Å². The molecule has 12 rings (SSSR count). The summed E-state index contributed by atoms with van der Waals surface area (Å²) in [5.41, 5.74) is 25.5. The van der Waals surface area contributed by atoms with Gasteiger partial charge in [0.15, 0.2) is 4.30 Å². The third-order valence-corrected chi connectivity index (χ3v) is 13.9. The molecule has 0 fully saturated rings. The first-order valence-corrected chi connectivity index (χ1v) is 26.8. The van der Waals surface area contributed by atoms with Crippen molar-refractivity contribution in [1.29, 1.82) is 0 Å². The molecule has 0 spiro atoms. The fraction of sp³-hybridized carbons (Fsp3) is 0.0137. The maximum absolute atomic E-state index is 4.81. The predicted molar refractivity (Wildman–Crippen MR) is 328 cm³/mol. The minimum absolute atomic E-state index is 0.750. The quantitative estimate of drug-likeness (QED) is 0.113. The van der Waals surface area contributed by atoms with E-state index >= 15 is 0 Å². The zero-order valence-corrected chi connectivity index (χ0v) is 43.8. The first kappa shape index (κ1) is 49.7. The van der Waals surface area contributed by atoms with Crippen LogP contribution in [0.5, 0.6) is 0 Å². The molecule has 0 nitrogen and oxygen atoms in total. The van der Waals surface area contributed by atoms with Gasteiger partial charge in [0.05, 0.1) is 0 Å². The molecule has 0 amide bonds. The Morgan fingerprint density at radius 2 is 0.211 bits per heavy atom. The van der Waals surface area contributed by atoms with Crippen LogP contribution in [0.1, 0.15) is 0 Å². The van der Waals surface area contributed by atoms with Gasteiger partial charge in [0.2, 0.25) is 0 Å². The molecule has 12 aromatic carbocycles. The van der Waals surface area contributed by atoms with Gasteiger partial charge >= 0.3 is 0 Å². The van der Waals surface area contributed by atoms with Crippen LogP contribution in [0, 0.1) is 0 Å². The van der Waals surface area contributed by atoms with Crippen LogP contribution >= 0.6 is 34.8 Å². The van der Waals surface area contributed by atoms with Crippen molar-refractivity contribution in [3.05, 3.63) is 303 Å². The Balaban J connectivity index is 0.00000149. The van der Waals surface area contributed by atoms with Crippen LogP contribution in [0.25, 0.3) is 122 Å². The average Bonchev–Trinajstić information content (AvgIpc) is 3.61. The van der Waals surface area contributed by atoms with E-state index in [2.05, 4.69) is 303 Å². The SMILES string of the molecule is ClC(Cl)Cl.c1ccc(-c2c(-c3ccccc3)c(-c3ccccc3)c(-c3c(-c4ccccc4)c(-c4ccccc4)c(-c4ccccc4)c(-c4ccccc4)c3-c3ccccc3)c(-c3ccccc3)c2-c2ccccc2)cc1. The lowest BCUT2D eigenvalue weighted by Crippen LogP contribution is -2.06. The molecule has 0 N–H and O–H groups in total. The molecule has 12 aromatic rings. The molecule has 3 heteroatoms. The maximum atomic E-state index is 4.81. The number of hydrogen-bond donors (Lipinski definition) is 0. The minimum Gasteiger partial charge on any atom is -0.0874 e. The van der Waals surface area contributed by atoms with Crippen LogP contribution in [-0.4, -0.2) is 4.30 Å². The number of benzene rings is 12. The monoisotopic (exact) mass is 1030 g/mol. The van der Waals surface area contributed by atoms with Gasteiger partial charge < -0.3 is 0 Å². The number of alkyl halides is 3. The molecule has 0 radical (unpaired) electrons. The van der Waals surface area contributed by atoms with Crippen LogP contribution in [-0.2, 0) is 0 Å². The van der Waals surface area contributed by atoms with Gasteiger partial charge in [-0.1, -0.05) is 338 Å². The lowest BCUT2D eigenvalue weighted by atomic mass is 9.69. The van der Waals surface area contributed by atoms with Gasteiger partial charge in [-0.2, -0.15) is 0 Å². The van der Waals surface area contributed by atoms with Crippen molar-refractivity contribution in [3.8, 4) is 122 Å². The van der Waals surface area contributed by atoms with E-state index in [-0.39, 0.29) is 0 Å². The molecule has 0 aliphatic heterocycles. The summed E-state index contributed by atoms with van der Waals surface area (Å²) in [6, 6.07) is 111. The molecule has 0 bridgehead atoms. The summed E-state index contributed by atoms with van der Waals surface area (Å²) in [7, 11) is 0. The topological polar surface area (TPSA) is 0 Å². The minimum atomic E-state index is -0.750. The fourth-order valence-corrected chi connectivity index (χ4v) is 10.9. The Bertz CT molecular complexity index is 3350. The third-order valence-electron chi connectivity index (χ3n) is 13.9. The predicted octanol–water partition coefficient (Wildman–Crippen LogP) is 22.0. The van der Waals surface area contributed by atoms with Crippen molar-refractivity contribution in [1.82, 2.24) is 0 Å². The van der Waals surface area contributed by atoms with Crippen molar-refractivity contribution in [2.45, 2.75) is 4.30 Å². The fourth-order valence-electron chi connectivity index (χ4n) is 10.9. The van der Waals surface area contributed by atoms with Crippen molar-refractivity contribution < 1.29 is 0 Å². The second-order valence-electron chi connectivity index (χ2n) is 18.4. The standard InChI is InChI=1S/C72H50.CHCl3/c1-11-31-51(32-12-1)61-63(53-35-15-3-16-36-53)67(57-43-23-7-24-44-57)71(68(58-45-25-8-26-46-58)64(61)54-37-17-4-18-38-54)72-69(59-47-27-9-28-48-59)65(55-39-19-5-20-40-55)62(52-33-13-2-14-34-52)66(56-41-21-6-22-42-56)70(72)60-49-29-10-30-50-60;2-1(3)4/h1-50H;1H. The summed E-state index contributed by atoms with van der Waals surface area (Å²) in [4.78, 5) is 0. The van der Waals surface area contributed by atoms with Crippen LogP contribution in [0.15, 0.2) is 303 Å². The third kappa shape index (κ3) is 10.2. The zero-order chi connectivity index (χ0) is 51.6. The molecule has 76 heavy (non-hydrogen) atoms. The average molecular weight is 1030 g/mol. The highest BCUT2D eigenvalue weighted by molar-refractivity contribution is 6.63. The van der Waals surface area contributed by atoms with E-state index in [4.69, 9.17) is 34.8 Å². The number of rotatable bonds is 11. The lowest BCUT2D eigenvalue weighted by Gasteiger charge is -2.33. The highest BCUT2D eigenvalue weighted by Crippen LogP contribution is 2.62. The molecule has 0 saturated carbocycles. The van der Waals surface area contributed by atoms with Gasteiger partial charge in [0.25, 0.3) is 0 Å². The van der Waals surface area contributed by atoms with E-state index in [1.54, 1.807) is 0 Å². The molecular weight excluding hydrogens is 983 g/mol. The summed E-state index contributed by atoms with van der Waals surface area (Å²) in [5, 5.41) is 0. The summed E-state index contributed by atoms with van der Waals surface area (Å²) in [6.45, 7) is 0. The summed E-state index contributed by atoms with van der Waals surface area (Å²) >= 11 is 14.4. The van der Waals surface area contributed by atoms with Crippen molar-refractivity contribution in [2.24, 2.45) is 0 Å². The summed E-state index contributed by atoms with van der Waals surface area (Å²) in [6.07, 6.45) is 0. The van der Waals surface area contributed by atoms with E-state index in [1.165, 1.54) is 55.6 Å². The van der Waals surface area contributed by atoms with Crippen LogP contribution < -0.4 is 0 Å². The largest absolute Gasteiger partial charge is 0.180 e. The molecule has 0 aliphatic carbocycles. The number of halogens is 3. The normalized spacial score (nSPS) is 10.9. The Labute approximate surface area is 461 Å². The summed E-state index contributed by atoms with van der Waals surface area (Å²) < 4.78 is -0.750. The van der Waals surface area contributed by atoms with Gasteiger partial charge in [-0.25, -0.2) is 0 Å². The van der Waals surface area contributed by atoms with Crippen molar-refractivity contribution >= 4 is 34.8 Å². The van der Waals surface area contributed by atoms with Crippen LogP contribution in [0.3, 0.4) is 0 Å². The van der Waals surface area contributed by atoms with Crippen LogP contribution in [0.2, 0.25) is 0 Å². The highest BCUT2D eigenvalue weighted by Gasteiger charge is 2.35. The maximum Gasteiger partial charge on any atom is 0.180 e. The second-order valence-corrected chi connectivity index (χ2v) is 20.4. The Morgan fingerprint density at radius 1 is 0.132 bits per heavy atom. The Kier molecular flexibility index (Phi) is 15.3. The summed E-state index contributed by atoms with van der Waals surface area (Å²) in [5.74, 6) is 0. The van der Waals surface area contributed by atoms with E-state index in [0.717, 1.165) is 66.8 Å². The first-order chi connectivity index (χ1) is 37.6. The van der Waals surface area contributed by atoms with Crippen LogP contribution in [0.4, 0.5) is 0 Å². The Hall–Kier alpha value is -8.49. The van der Waals surface area contributed by atoms with E-state index in [9.17, 15) is 0 Å². The Morgan fingerprint density at radius 3 is 0.303 bits per heavy atom. The molecular formula is C73H51Cl3. The molecule has 0 aromatic heterocycles. The first-order valence-electron chi connectivity index (χ1n) is 25.5. The van der Waals surface area contributed by atoms with Gasteiger partial charge in [0, 0.05) is 0 Å². The molecule has 0 aliphatic rings. The number of hydrogen-bond acceptors (Lipinski definition) is 0. The van der Waals surface area contributed by atoms with Gasteiger partial charge in [-0.15, -0.1) is 0 Å². The molecule has 0 atom stereocenters. The molecule has 364 valence electrons. The highest BCUT2D eigenvalue weighted by atomic mass is 35.6. The van der Waals surface area contributed by atoms with Gasteiger partial charge in [-0.05, 0) is 122 Å².